The number of likely N-dealkylation sites (tertiary alicyclic amines) is 5. The van der Waals surface area contributed by atoms with Gasteiger partial charge in [0.2, 0.25) is 59.1 Å². The third kappa shape index (κ3) is 43.0. The predicted molar refractivity (Wildman–Crippen MR) is 407 cm³/mol. The number of rotatable bonds is 50. The van der Waals surface area contributed by atoms with Gasteiger partial charge >= 0.3 is 0 Å². The van der Waals surface area contributed by atoms with E-state index in [9.17, 15) is 47.9 Å². The lowest BCUT2D eigenvalue weighted by Gasteiger charge is -2.16. The maximum absolute atomic E-state index is 11.9. The van der Waals surface area contributed by atoms with Crippen molar-refractivity contribution in [2.45, 2.75) is 326 Å². The molecule has 100 heavy (non-hydrogen) atoms. The molecule has 5 atom stereocenters. The van der Waals surface area contributed by atoms with E-state index in [-0.39, 0.29) is 88.7 Å². The Balaban J connectivity index is 0.000000626. The Hall–Kier alpha value is -5.30. The van der Waals surface area contributed by atoms with Gasteiger partial charge in [0.1, 0.15) is 0 Å². The summed E-state index contributed by atoms with van der Waals surface area (Å²) in [5.74, 6) is 0.215. The fourth-order valence-electron chi connectivity index (χ4n) is 13.7. The van der Waals surface area contributed by atoms with E-state index in [4.69, 9.17) is 0 Å². The van der Waals surface area contributed by atoms with Crippen molar-refractivity contribution in [2.75, 3.05) is 98.2 Å². The van der Waals surface area contributed by atoms with Crippen molar-refractivity contribution >= 4 is 59.1 Å². The number of hydrogen-bond donors (Lipinski definition) is 5. The van der Waals surface area contributed by atoms with Crippen molar-refractivity contribution in [3.05, 3.63) is 0 Å². The summed E-state index contributed by atoms with van der Waals surface area (Å²) in [4.78, 5) is 127. The first-order valence-corrected chi connectivity index (χ1v) is 41.2. The van der Waals surface area contributed by atoms with E-state index >= 15 is 0 Å². The van der Waals surface area contributed by atoms with Crippen LogP contribution in [0.1, 0.15) is 326 Å². The van der Waals surface area contributed by atoms with Crippen LogP contribution in [0.5, 0.6) is 0 Å². The van der Waals surface area contributed by atoms with E-state index in [1.54, 1.807) is 0 Å². The van der Waals surface area contributed by atoms with E-state index < -0.39 is 0 Å². The molecule has 0 aromatic heterocycles. The number of hydrogen-bond acceptors (Lipinski definition) is 10. The molecule has 5 fully saturated rings. The van der Waals surface area contributed by atoms with Crippen LogP contribution in [0.2, 0.25) is 0 Å². The van der Waals surface area contributed by atoms with E-state index in [1.807, 2.05) is 59.1 Å². The molecule has 5 N–H and O–H groups in total. The summed E-state index contributed by atoms with van der Waals surface area (Å²) >= 11 is 0. The molecule has 20 nitrogen and oxygen atoms in total. The minimum Gasteiger partial charge on any atom is -0.356 e. The van der Waals surface area contributed by atoms with E-state index in [1.165, 1.54) is 193 Å². The highest BCUT2D eigenvalue weighted by Crippen LogP contribution is 2.24. The van der Waals surface area contributed by atoms with Gasteiger partial charge in [-0.25, -0.2) is 0 Å². The molecule has 0 aromatic rings. The molecule has 0 bridgehead atoms. The summed E-state index contributed by atoms with van der Waals surface area (Å²) in [5, 5.41) is 14.0. The topological polar surface area (TPSA) is 247 Å². The largest absolute Gasteiger partial charge is 0.356 e. The lowest BCUT2D eigenvalue weighted by Crippen LogP contribution is -2.33. The fraction of sp³-hybridized carbons (Fsp3) is 0.875. The first kappa shape index (κ1) is 92.7. The molecule has 5 saturated heterocycles. The maximum Gasteiger partial charge on any atom is 0.225 e. The fourth-order valence-corrected chi connectivity index (χ4v) is 13.7. The molecular weight excluding hydrogens is 1260 g/mol. The molecule has 0 radical (unpaired) electrons. The Labute approximate surface area is 609 Å². The van der Waals surface area contributed by atoms with Gasteiger partial charge in [0.15, 0.2) is 0 Å². The molecule has 5 rings (SSSR count). The normalized spacial score (nSPS) is 18.6. The third-order valence-electron chi connectivity index (χ3n) is 19.8. The lowest BCUT2D eigenvalue weighted by atomic mass is 10.1. The summed E-state index contributed by atoms with van der Waals surface area (Å²) in [6.07, 6.45) is 46.0. The van der Waals surface area contributed by atoms with Gasteiger partial charge in [-0.2, -0.15) is 0 Å². The Bertz CT molecular complexity index is 2220. The smallest absolute Gasteiger partial charge is 0.225 e. The van der Waals surface area contributed by atoms with Crippen molar-refractivity contribution in [2.24, 2.45) is 29.6 Å². The molecule has 20 heteroatoms. The van der Waals surface area contributed by atoms with Crippen LogP contribution in [0.4, 0.5) is 0 Å². The molecule has 5 heterocycles. The third-order valence-corrected chi connectivity index (χ3v) is 19.8. The minimum atomic E-state index is -0.133. The van der Waals surface area contributed by atoms with Crippen molar-refractivity contribution in [1.82, 2.24) is 51.1 Å². The second-order valence-electron chi connectivity index (χ2n) is 28.8. The van der Waals surface area contributed by atoms with Crippen LogP contribution < -0.4 is 26.6 Å². The number of nitrogens with one attached hydrogen (secondary N) is 5. The molecule has 5 unspecified atom stereocenters. The van der Waals surface area contributed by atoms with Crippen LogP contribution in [0, 0.1) is 29.6 Å². The molecule has 0 saturated carbocycles. The molecule has 5 aliphatic heterocycles. The summed E-state index contributed by atoms with van der Waals surface area (Å²) in [6.45, 7) is 31.0. The van der Waals surface area contributed by atoms with Gasteiger partial charge in [0.25, 0.3) is 0 Å². The van der Waals surface area contributed by atoms with Gasteiger partial charge in [0.05, 0.1) is 29.6 Å². The van der Waals surface area contributed by atoms with Gasteiger partial charge in [-0.15, -0.1) is 0 Å². The molecule has 580 valence electrons. The monoisotopic (exact) mass is 1410 g/mol. The molecule has 0 aromatic carbocycles. The zero-order valence-electron chi connectivity index (χ0n) is 65.6. The highest BCUT2D eigenvalue weighted by atomic mass is 16.2. The Kier molecular flexibility index (Phi) is 56.7. The van der Waals surface area contributed by atoms with Crippen molar-refractivity contribution < 1.29 is 47.9 Å². The summed E-state index contributed by atoms with van der Waals surface area (Å²) < 4.78 is 0. The number of amides is 10. The minimum absolute atomic E-state index is 0.0272. The Morgan fingerprint density at radius 1 is 0.230 bits per heavy atom. The van der Waals surface area contributed by atoms with Crippen LogP contribution in [0.15, 0.2) is 0 Å². The number of nitrogens with zero attached hydrogens (tertiary/aromatic N) is 5. The Morgan fingerprint density at radius 2 is 0.360 bits per heavy atom. The molecule has 5 aliphatic rings. The first-order chi connectivity index (χ1) is 48.4. The second kappa shape index (κ2) is 61.2. The van der Waals surface area contributed by atoms with Crippen LogP contribution in [-0.4, -0.2) is 182 Å². The standard InChI is InChI=1S/C18H34N2O2.C17H32N2O2.C16H30N2O2.C15H28N2O2.C14H26N2O2/c1-3-5-6-7-8-9-10-11-12-13-20-15-16(14-17(20)21)18(22)19-4-2;1-3-5-6-7-8-9-10-11-12-19-14-15(13-16(19)20)17(21)18-4-2;1-3-5-6-7-8-9-10-11-18-13-14(12-15(18)19)16(20)17-4-2;1-3-5-6-7-8-9-10-17-12-13(11-14(17)18)15(19)16-4-2;1-3-5-6-7-8-9-16-11-12(10-13(16)17)14(18)15-4-2/h16H,3-15H2,1-2H3,(H,19,22);15H,3-14H2,1-2H3,(H,18,21);14H,3-13H2,1-2H3,(H,17,20);13H,3-12H2,1-2H3,(H,16,19);12H,3-11H2,1-2H3,(H,15,18). The average molecular weight is 1410 g/mol. The predicted octanol–water partition coefficient (Wildman–Crippen LogP) is 13.6. The number of carbonyl (C=O) groups excluding carboxylic acids is 10. The van der Waals surface area contributed by atoms with Crippen molar-refractivity contribution in [1.29, 1.82) is 0 Å². The van der Waals surface area contributed by atoms with Gasteiger partial charge in [-0.1, -0.05) is 227 Å². The molecule has 0 spiro atoms. The van der Waals surface area contributed by atoms with Gasteiger partial charge < -0.3 is 51.1 Å². The lowest BCUT2D eigenvalue weighted by molar-refractivity contribution is -0.129. The van der Waals surface area contributed by atoms with Crippen LogP contribution in [0.25, 0.3) is 0 Å². The SMILES string of the molecule is CCCCCCCCCCCN1CC(C(=O)NCC)CC1=O.CCCCCCCCCCN1CC(C(=O)NCC)CC1=O.CCCCCCCCCN1CC(C(=O)NCC)CC1=O.CCCCCCCCN1CC(C(=O)NCC)CC1=O.CCCCCCCN1CC(C(=O)NCC)CC1=O. The maximum atomic E-state index is 11.9. The molecular formula is C80H150N10O10. The summed E-state index contributed by atoms with van der Waals surface area (Å²) in [6, 6.07) is 0. The van der Waals surface area contributed by atoms with Crippen LogP contribution in [0.3, 0.4) is 0 Å². The average Bonchev–Trinajstić information content (AvgIpc) is 1.77. The van der Waals surface area contributed by atoms with Gasteiger partial charge in [-0.3, -0.25) is 47.9 Å². The summed E-state index contributed by atoms with van der Waals surface area (Å²) in [7, 11) is 0. The number of unbranched alkanes of at least 4 members (excludes halogenated alkanes) is 30. The van der Waals surface area contributed by atoms with E-state index in [0.717, 1.165) is 64.8 Å². The van der Waals surface area contributed by atoms with Crippen molar-refractivity contribution in [3.63, 3.8) is 0 Å². The molecule has 10 amide bonds. The second-order valence-corrected chi connectivity index (χ2v) is 28.8. The van der Waals surface area contributed by atoms with E-state index in [2.05, 4.69) is 61.2 Å². The van der Waals surface area contributed by atoms with Crippen LogP contribution >= 0.6 is 0 Å². The van der Waals surface area contributed by atoms with Gasteiger partial charge in [-0.05, 0) is 66.7 Å². The zero-order chi connectivity index (χ0) is 74.0. The van der Waals surface area contributed by atoms with Crippen molar-refractivity contribution in [3.8, 4) is 0 Å². The highest BCUT2D eigenvalue weighted by molar-refractivity contribution is 5.92. The summed E-state index contributed by atoms with van der Waals surface area (Å²) in [5.41, 5.74) is 0. The van der Waals surface area contributed by atoms with Crippen LogP contribution in [-0.2, 0) is 47.9 Å². The van der Waals surface area contributed by atoms with E-state index in [0.29, 0.717) is 97.6 Å². The molecule has 0 aliphatic carbocycles. The Morgan fingerprint density at radius 3 is 0.490 bits per heavy atom. The highest BCUT2D eigenvalue weighted by Gasteiger charge is 2.37. The van der Waals surface area contributed by atoms with Gasteiger partial charge in [0, 0.05) is 130 Å². The zero-order valence-corrected chi connectivity index (χ0v) is 65.6. The first-order valence-electron chi connectivity index (χ1n) is 41.2. The number of carbonyl (C=O) groups is 10. The quantitative estimate of drug-likeness (QED) is 0.0360.